The number of carbonyl (C=O) groups is 1. The Morgan fingerprint density at radius 3 is 2.81 bits per heavy atom. The summed E-state index contributed by atoms with van der Waals surface area (Å²) in [6, 6.07) is 0. The number of nitrogens with two attached hydrogens (primary N) is 1. The van der Waals surface area contributed by atoms with Crippen LogP contribution in [-0.2, 0) is 14.3 Å². The molecule has 1 aliphatic rings. The summed E-state index contributed by atoms with van der Waals surface area (Å²) in [5, 5.41) is 7.73. The van der Waals surface area contributed by atoms with Crippen LogP contribution in [0.25, 0.3) is 0 Å². The van der Waals surface area contributed by atoms with Gasteiger partial charge in [0.25, 0.3) is 0 Å². The smallest absolute Gasteiger partial charge is 0.356 e. The highest BCUT2D eigenvalue weighted by atomic mass is 16.5. The van der Waals surface area contributed by atoms with E-state index in [2.05, 4.69) is 0 Å². The van der Waals surface area contributed by atoms with Crippen molar-refractivity contribution >= 4 is 11.7 Å². The van der Waals surface area contributed by atoms with Crippen molar-refractivity contribution < 1.29 is 14.3 Å². The van der Waals surface area contributed by atoms with Gasteiger partial charge in [0.15, 0.2) is 0 Å². The normalized spacial score (nSPS) is 19.4. The van der Waals surface area contributed by atoms with E-state index in [1.807, 2.05) is 13.8 Å². The SMILES string of the molecule is CCOC(=O)C(=N)C1=C(N)COC(C)(C)C1. The maximum absolute atomic E-state index is 11.4. The largest absolute Gasteiger partial charge is 0.461 e. The second-order valence-electron chi connectivity index (χ2n) is 4.32. The Morgan fingerprint density at radius 2 is 2.25 bits per heavy atom. The highest BCUT2D eigenvalue weighted by Gasteiger charge is 2.31. The summed E-state index contributed by atoms with van der Waals surface area (Å²) in [5.74, 6) is -0.627. The average molecular weight is 226 g/mol. The van der Waals surface area contributed by atoms with Gasteiger partial charge in [0.2, 0.25) is 0 Å². The molecule has 1 heterocycles. The third-order valence-electron chi connectivity index (χ3n) is 2.39. The molecule has 0 radical (unpaired) electrons. The summed E-state index contributed by atoms with van der Waals surface area (Å²) >= 11 is 0. The molecule has 0 aromatic rings. The molecule has 0 unspecified atom stereocenters. The maximum atomic E-state index is 11.4. The minimum absolute atomic E-state index is 0.157. The molecule has 0 aliphatic carbocycles. The fourth-order valence-corrected chi connectivity index (χ4v) is 1.53. The van der Waals surface area contributed by atoms with E-state index < -0.39 is 11.6 Å². The molecular formula is C11H18N2O3. The zero-order valence-electron chi connectivity index (χ0n) is 9.92. The molecule has 16 heavy (non-hydrogen) atoms. The number of esters is 1. The summed E-state index contributed by atoms with van der Waals surface area (Å²) in [6.07, 6.45) is 0.455. The highest BCUT2D eigenvalue weighted by Crippen LogP contribution is 2.27. The minimum atomic E-state index is -0.627. The van der Waals surface area contributed by atoms with Gasteiger partial charge in [-0.3, -0.25) is 5.41 Å². The number of ether oxygens (including phenoxy) is 2. The van der Waals surface area contributed by atoms with Crippen molar-refractivity contribution in [1.29, 1.82) is 5.41 Å². The third-order valence-corrected chi connectivity index (χ3v) is 2.39. The van der Waals surface area contributed by atoms with Gasteiger partial charge in [-0.15, -0.1) is 0 Å². The number of carbonyl (C=O) groups excluding carboxylic acids is 1. The second-order valence-corrected chi connectivity index (χ2v) is 4.32. The van der Waals surface area contributed by atoms with E-state index in [-0.39, 0.29) is 18.9 Å². The maximum Gasteiger partial charge on any atom is 0.356 e. The molecule has 5 heteroatoms. The lowest BCUT2D eigenvalue weighted by atomic mass is 9.91. The predicted molar refractivity (Wildman–Crippen MR) is 60.2 cm³/mol. The molecule has 5 nitrogen and oxygen atoms in total. The minimum Gasteiger partial charge on any atom is -0.461 e. The van der Waals surface area contributed by atoms with Gasteiger partial charge >= 0.3 is 5.97 Å². The topological polar surface area (TPSA) is 85.4 Å². The highest BCUT2D eigenvalue weighted by molar-refractivity contribution is 6.42. The van der Waals surface area contributed by atoms with Crippen molar-refractivity contribution in [2.75, 3.05) is 13.2 Å². The van der Waals surface area contributed by atoms with Crippen LogP contribution in [0.4, 0.5) is 0 Å². The zero-order chi connectivity index (χ0) is 12.3. The Morgan fingerprint density at radius 1 is 1.62 bits per heavy atom. The molecule has 0 spiro atoms. The number of hydrogen-bond donors (Lipinski definition) is 2. The van der Waals surface area contributed by atoms with Gasteiger partial charge in [0, 0.05) is 17.7 Å². The molecule has 0 saturated carbocycles. The molecular weight excluding hydrogens is 208 g/mol. The Bertz CT molecular complexity index is 345. The zero-order valence-corrected chi connectivity index (χ0v) is 9.92. The summed E-state index contributed by atoms with van der Waals surface area (Å²) in [4.78, 5) is 11.4. The van der Waals surface area contributed by atoms with Gasteiger partial charge in [0.1, 0.15) is 5.71 Å². The number of hydrogen-bond acceptors (Lipinski definition) is 5. The van der Waals surface area contributed by atoms with E-state index in [0.717, 1.165) is 0 Å². The van der Waals surface area contributed by atoms with Crippen molar-refractivity contribution in [2.24, 2.45) is 5.73 Å². The van der Waals surface area contributed by atoms with Gasteiger partial charge < -0.3 is 15.2 Å². The predicted octanol–water partition coefficient (Wildman–Crippen LogP) is 0.981. The van der Waals surface area contributed by atoms with Gasteiger partial charge in [0.05, 0.1) is 18.8 Å². The molecule has 0 aromatic heterocycles. The quantitative estimate of drug-likeness (QED) is 0.555. The van der Waals surface area contributed by atoms with Crippen molar-refractivity contribution in [3.05, 3.63) is 11.3 Å². The third kappa shape index (κ3) is 2.82. The van der Waals surface area contributed by atoms with Crippen LogP contribution in [0.2, 0.25) is 0 Å². The second kappa shape index (κ2) is 4.65. The average Bonchev–Trinajstić information content (AvgIpc) is 2.21. The van der Waals surface area contributed by atoms with Crippen LogP contribution < -0.4 is 5.73 Å². The lowest BCUT2D eigenvalue weighted by molar-refractivity contribution is -0.135. The van der Waals surface area contributed by atoms with Gasteiger partial charge in [-0.05, 0) is 20.8 Å². The summed E-state index contributed by atoms with van der Waals surface area (Å²) < 4.78 is 10.2. The molecule has 0 fully saturated rings. The van der Waals surface area contributed by atoms with Crippen LogP contribution in [0, 0.1) is 5.41 Å². The molecule has 0 atom stereocenters. The first kappa shape index (κ1) is 12.7. The lowest BCUT2D eigenvalue weighted by Gasteiger charge is -2.32. The van der Waals surface area contributed by atoms with E-state index in [1.165, 1.54) is 0 Å². The number of nitrogens with one attached hydrogen (secondary N) is 1. The Hall–Kier alpha value is -1.36. The van der Waals surface area contributed by atoms with E-state index in [9.17, 15) is 4.79 Å². The lowest BCUT2D eigenvalue weighted by Crippen LogP contribution is -2.37. The Balaban J connectivity index is 2.86. The van der Waals surface area contributed by atoms with Gasteiger partial charge in [-0.2, -0.15) is 0 Å². The Labute approximate surface area is 95.1 Å². The molecule has 0 bridgehead atoms. The summed E-state index contributed by atoms with van der Waals surface area (Å²) in [6.45, 7) is 6.02. The van der Waals surface area contributed by atoms with Crippen LogP contribution in [0.5, 0.6) is 0 Å². The monoisotopic (exact) mass is 226 g/mol. The Kier molecular flexibility index (Phi) is 3.70. The van der Waals surface area contributed by atoms with E-state index in [4.69, 9.17) is 20.6 Å². The van der Waals surface area contributed by atoms with E-state index in [1.54, 1.807) is 6.92 Å². The molecule has 3 N–H and O–H groups in total. The summed E-state index contributed by atoms with van der Waals surface area (Å²) in [7, 11) is 0. The standard InChI is InChI=1S/C11H18N2O3/c1-4-15-10(14)9(13)7-5-11(2,3)16-6-8(7)12/h13H,4-6,12H2,1-3H3. The van der Waals surface area contributed by atoms with Crippen molar-refractivity contribution in [3.63, 3.8) is 0 Å². The fourth-order valence-electron chi connectivity index (χ4n) is 1.53. The molecule has 1 rings (SSSR count). The molecule has 0 saturated heterocycles. The summed E-state index contributed by atoms with van der Waals surface area (Å²) in [5.41, 5.74) is 6.17. The first-order valence-corrected chi connectivity index (χ1v) is 5.25. The van der Waals surface area contributed by atoms with Crippen molar-refractivity contribution in [3.8, 4) is 0 Å². The van der Waals surface area contributed by atoms with Crippen molar-refractivity contribution in [1.82, 2.24) is 0 Å². The fraction of sp³-hybridized carbons (Fsp3) is 0.636. The molecule has 0 amide bonds. The van der Waals surface area contributed by atoms with Gasteiger partial charge in [-0.1, -0.05) is 0 Å². The van der Waals surface area contributed by atoms with E-state index >= 15 is 0 Å². The molecule has 0 aromatic carbocycles. The van der Waals surface area contributed by atoms with E-state index in [0.29, 0.717) is 17.7 Å². The molecule has 1 aliphatic heterocycles. The van der Waals surface area contributed by atoms with Crippen LogP contribution in [0.15, 0.2) is 11.3 Å². The van der Waals surface area contributed by atoms with Crippen LogP contribution >= 0.6 is 0 Å². The van der Waals surface area contributed by atoms with Crippen LogP contribution in [0.3, 0.4) is 0 Å². The number of rotatable bonds is 3. The first-order chi connectivity index (χ1) is 7.37. The van der Waals surface area contributed by atoms with Gasteiger partial charge in [-0.25, -0.2) is 4.79 Å². The molecule has 90 valence electrons. The van der Waals surface area contributed by atoms with Crippen molar-refractivity contribution in [2.45, 2.75) is 32.8 Å². The first-order valence-electron chi connectivity index (χ1n) is 5.25. The van der Waals surface area contributed by atoms with Crippen LogP contribution in [-0.4, -0.2) is 30.5 Å². The van der Waals surface area contributed by atoms with Crippen LogP contribution in [0.1, 0.15) is 27.2 Å².